The van der Waals surface area contributed by atoms with Crippen LogP contribution in [0.5, 0.6) is 0 Å². The Kier molecular flexibility index (Phi) is 19.4. The molecule has 2 heterocycles. The maximum Gasteiger partial charge on any atom is 0.311 e. The molecule has 0 aliphatic carbocycles. The monoisotopic (exact) mass is 789 g/mol. The van der Waals surface area contributed by atoms with E-state index in [1.807, 2.05) is 18.9 Å². The van der Waals surface area contributed by atoms with Gasteiger partial charge in [0.15, 0.2) is 12.6 Å². The molecule has 55 heavy (non-hydrogen) atoms. The van der Waals surface area contributed by atoms with Gasteiger partial charge in [-0.3, -0.25) is 9.69 Å². The lowest BCUT2D eigenvalue weighted by molar-refractivity contribution is -0.306. The van der Waals surface area contributed by atoms with Crippen LogP contribution in [-0.2, 0) is 33.2 Å². The van der Waals surface area contributed by atoms with Crippen LogP contribution < -0.4 is 0 Å². The Bertz CT molecular complexity index is 1240. The molecule has 0 spiro atoms. The molecular weight excluding hydrogens is 716 g/mol. The third-order valence-corrected chi connectivity index (χ3v) is 11.6. The number of oxime groups is 1. The molecule has 0 aromatic rings. The van der Waals surface area contributed by atoms with E-state index in [1.165, 1.54) is 14.0 Å². The minimum absolute atomic E-state index is 0.0874. The molecule has 6 N–H and O–H groups in total. The summed E-state index contributed by atoms with van der Waals surface area (Å²) in [5.41, 5.74) is -3.68. The average molecular weight is 789 g/mol. The molecular formula is C40H72N2O13. The first-order chi connectivity index (χ1) is 25.6. The molecule has 0 aromatic heterocycles. The van der Waals surface area contributed by atoms with Gasteiger partial charge in [0.25, 0.3) is 0 Å². The smallest absolute Gasteiger partial charge is 0.311 e. The number of aliphatic hydroxyl groups excluding tert-OH is 3. The molecule has 0 aromatic carbocycles. The van der Waals surface area contributed by atoms with E-state index in [-0.39, 0.29) is 37.7 Å². The van der Waals surface area contributed by atoms with Crippen LogP contribution in [0.15, 0.2) is 5.16 Å². The predicted molar refractivity (Wildman–Crippen MR) is 205 cm³/mol. The first-order valence-electron chi connectivity index (χ1n) is 19.7. The van der Waals surface area contributed by atoms with Crippen LogP contribution in [0.1, 0.15) is 101 Å². The van der Waals surface area contributed by atoms with Gasteiger partial charge >= 0.3 is 5.97 Å². The molecule has 15 heteroatoms. The number of likely N-dealkylation sites (N-methyl/N-ethyl adjacent to an activating group) is 1. The van der Waals surface area contributed by atoms with E-state index >= 15 is 0 Å². The predicted octanol–water partition coefficient (Wildman–Crippen LogP) is 2.69. The number of carbonyl (C=O) groups excluding carboxylic acids is 1. The summed E-state index contributed by atoms with van der Waals surface area (Å²) >= 11 is 0. The van der Waals surface area contributed by atoms with Crippen molar-refractivity contribution in [2.45, 2.75) is 180 Å². The number of aliphatic hydroxyl groups is 5. The number of methoxy groups -OCH3 is 1. The van der Waals surface area contributed by atoms with Crippen molar-refractivity contribution in [2.24, 2.45) is 28.8 Å². The number of terminal acetylenes is 1. The second-order valence-corrected chi connectivity index (χ2v) is 16.4. The number of cyclic esters (lactones) is 1. The Hall–Kier alpha value is -1.94. The van der Waals surface area contributed by atoms with E-state index in [1.54, 1.807) is 55.4 Å². The topological polar surface area (TPSA) is 209 Å². The zero-order valence-electron chi connectivity index (χ0n) is 35.1. The standard InChI is InChI=1S/C40H72N2O13/c1-14-16-18-42(12)29-20-23(4)51-38(33(29)44)55-36-25(6)34(54-31(17-19-50-13)52-28(9)27(8)43)26(7)37(46)53-30(15-2)40(11,48)35(45)24(5)32(41-49)22(3)21-39(36,10)47/h1,22-31,33-36,38,43-45,47-49H,15-21H2,2-13H3/b41-32+/t22-,23-,24+,25+,26-,27-,28+,29+,30-,31+,33-,34+,35-,36-,38+,39-,40-/m1/s1. The number of hydrogen-bond acceptors (Lipinski definition) is 15. The highest BCUT2D eigenvalue weighted by molar-refractivity contribution is 5.88. The van der Waals surface area contributed by atoms with Crippen LogP contribution in [0.4, 0.5) is 0 Å². The lowest BCUT2D eigenvalue weighted by atomic mass is 9.73. The third kappa shape index (κ3) is 12.8. The van der Waals surface area contributed by atoms with Crippen LogP contribution in [0.2, 0.25) is 0 Å². The number of rotatable bonds is 14. The Labute approximate surface area is 328 Å². The van der Waals surface area contributed by atoms with Crippen LogP contribution in [0, 0.1) is 36.0 Å². The number of hydrogen-bond donors (Lipinski definition) is 6. The Morgan fingerprint density at radius 2 is 1.75 bits per heavy atom. The molecule has 2 saturated heterocycles. The summed E-state index contributed by atoms with van der Waals surface area (Å²) in [7, 11) is 3.38. The lowest BCUT2D eigenvalue weighted by Gasteiger charge is -2.48. The van der Waals surface area contributed by atoms with Gasteiger partial charge in [-0.05, 0) is 67.9 Å². The summed E-state index contributed by atoms with van der Waals surface area (Å²) in [6.45, 7) is 17.1. The first-order valence-corrected chi connectivity index (χ1v) is 19.7. The molecule has 2 fully saturated rings. The molecule has 320 valence electrons. The molecule has 0 bridgehead atoms. The summed E-state index contributed by atoms with van der Waals surface area (Å²) in [5, 5.41) is 71.7. The lowest BCUT2D eigenvalue weighted by Crippen LogP contribution is -2.60. The Morgan fingerprint density at radius 1 is 1.11 bits per heavy atom. The van der Waals surface area contributed by atoms with Gasteiger partial charge in [0.1, 0.15) is 17.8 Å². The van der Waals surface area contributed by atoms with Crippen molar-refractivity contribution < 1.29 is 64.0 Å². The SMILES string of the molecule is C#CCCN(C)[C@H]1C[C@@H](C)O[C@@H](O[C@@H]2[C@@H](C)[C@H](O[C@@H](CCOC)O[C@@H](C)[C@@H](C)O)[C@@H](C)C(=O)O[C@H](CC)[C@@](C)(O)[C@H](O)[C@@H](C)/C(=N/O)[C@H](C)C[C@@]2(C)O)[C@@H]1O. The molecule has 2 aliphatic rings. The van der Waals surface area contributed by atoms with E-state index in [9.17, 15) is 35.5 Å². The number of carbonyl (C=O) groups is 1. The van der Waals surface area contributed by atoms with Gasteiger partial charge in [-0.25, -0.2) is 0 Å². The normalized spacial score (nSPS) is 40.9. The second kappa shape index (κ2) is 21.7. The number of esters is 1. The molecule has 0 saturated carbocycles. The van der Waals surface area contributed by atoms with Crippen LogP contribution >= 0.6 is 0 Å². The van der Waals surface area contributed by atoms with Gasteiger partial charge < -0.3 is 59.2 Å². The zero-order chi connectivity index (χ0) is 42.0. The highest BCUT2D eigenvalue weighted by atomic mass is 16.7. The molecule has 0 amide bonds. The quantitative estimate of drug-likeness (QED) is 0.0492. The van der Waals surface area contributed by atoms with E-state index in [2.05, 4.69) is 11.1 Å². The van der Waals surface area contributed by atoms with Crippen molar-refractivity contribution in [1.29, 1.82) is 0 Å². The van der Waals surface area contributed by atoms with Crippen molar-refractivity contribution in [3.8, 4) is 12.3 Å². The van der Waals surface area contributed by atoms with E-state index in [0.717, 1.165) is 0 Å². The Balaban J connectivity index is 2.83. The highest BCUT2D eigenvalue weighted by Crippen LogP contribution is 2.39. The van der Waals surface area contributed by atoms with Crippen LogP contribution in [0.3, 0.4) is 0 Å². The van der Waals surface area contributed by atoms with Crippen LogP contribution in [0.25, 0.3) is 0 Å². The molecule has 0 unspecified atom stereocenters. The fourth-order valence-electron chi connectivity index (χ4n) is 8.08. The van der Waals surface area contributed by atoms with Gasteiger partial charge in [-0.15, -0.1) is 12.3 Å². The molecule has 2 rings (SSSR count). The summed E-state index contributed by atoms with van der Waals surface area (Å²) in [6, 6.07) is -0.399. The minimum Gasteiger partial charge on any atom is -0.459 e. The van der Waals surface area contributed by atoms with Gasteiger partial charge in [0, 0.05) is 50.3 Å². The van der Waals surface area contributed by atoms with Crippen molar-refractivity contribution in [3.05, 3.63) is 0 Å². The molecule has 2 aliphatic heterocycles. The van der Waals surface area contributed by atoms with E-state index in [4.69, 9.17) is 34.8 Å². The zero-order valence-corrected chi connectivity index (χ0v) is 35.1. The van der Waals surface area contributed by atoms with E-state index < -0.39 is 102 Å². The fraction of sp³-hybridized carbons (Fsp3) is 0.900. The molecule has 0 radical (unpaired) electrons. The largest absolute Gasteiger partial charge is 0.459 e. The summed E-state index contributed by atoms with van der Waals surface area (Å²) in [6.07, 6.45) is -3.64. The first kappa shape index (κ1) is 49.2. The van der Waals surface area contributed by atoms with Crippen molar-refractivity contribution in [3.63, 3.8) is 0 Å². The van der Waals surface area contributed by atoms with Crippen molar-refractivity contribution >= 4 is 11.7 Å². The molecule has 17 atom stereocenters. The van der Waals surface area contributed by atoms with Crippen LogP contribution in [-0.4, -0.2) is 153 Å². The minimum atomic E-state index is -1.98. The van der Waals surface area contributed by atoms with Gasteiger partial charge in [-0.1, -0.05) is 32.9 Å². The maximum atomic E-state index is 14.2. The van der Waals surface area contributed by atoms with Gasteiger partial charge in [0.2, 0.25) is 0 Å². The van der Waals surface area contributed by atoms with E-state index in [0.29, 0.717) is 19.4 Å². The van der Waals surface area contributed by atoms with Crippen molar-refractivity contribution in [2.75, 3.05) is 27.3 Å². The number of ether oxygens (including phenoxy) is 6. The highest BCUT2D eigenvalue weighted by Gasteiger charge is 2.52. The third-order valence-electron chi connectivity index (χ3n) is 11.6. The number of nitrogens with zero attached hydrogens (tertiary/aromatic N) is 2. The van der Waals surface area contributed by atoms with Gasteiger partial charge in [0.05, 0.1) is 60.5 Å². The summed E-state index contributed by atoms with van der Waals surface area (Å²) < 4.78 is 37.0. The Morgan fingerprint density at radius 3 is 2.29 bits per heavy atom. The second-order valence-electron chi connectivity index (χ2n) is 16.4. The van der Waals surface area contributed by atoms with Crippen molar-refractivity contribution in [1.82, 2.24) is 4.90 Å². The summed E-state index contributed by atoms with van der Waals surface area (Å²) in [5.74, 6) is -1.72. The maximum absolute atomic E-state index is 14.2. The fourth-order valence-corrected chi connectivity index (χ4v) is 8.08. The average Bonchev–Trinajstić information content (AvgIpc) is 3.12. The summed E-state index contributed by atoms with van der Waals surface area (Å²) in [4.78, 5) is 16.1. The van der Waals surface area contributed by atoms with Gasteiger partial charge in [-0.2, -0.15) is 0 Å². The molecule has 15 nitrogen and oxygen atoms in total.